The van der Waals surface area contributed by atoms with Crippen LogP contribution < -0.4 is 0 Å². The largest absolute Gasteiger partial charge is 0.481 e. The molecule has 0 unspecified atom stereocenters. The molecule has 32 heavy (non-hydrogen) atoms. The summed E-state index contributed by atoms with van der Waals surface area (Å²) in [5, 5.41) is 39.3. The predicted molar refractivity (Wildman–Crippen MR) is 107 cm³/mol. The quantitative estimate of drug-likeness (QED) is 0.315. The van der Waals surface area contributed by atoms with Crippen molar-refractivity contribution in [2.45, 2.75) is 57.0 Å². The standard InChI is InChI=1S/C22H29NO9/c24-10-12-8-14-19(21(29)23(20(14)28)7-3-1-2-4-18(26)27)15-9-17(32-22(12,15)30)16-6-5-13(11-25)31-16/h5-6,12,14-15,17,19,24-25,30H,1-4,7-11H2,(H,26,27)/t12-,14+,15+,17+,19+,22-/m1/s1. The van der Waals surface area contributed by atoms with E-state index in [1.165, 1.54) is 4.90 Å². The van der Waals surface area contributed by atoms with E-state index in [2.05, 4.69) is 0 Å². The molecular formula is C22H29NO9. The van der Waals surface area contributed by atoms with Crippen molar-refractivity contribution < 1.29 is 44.0 Å². The Kier molecular flexibility index (Phi) is 6.39. The molecule has 2 amide bonds. The van der Waals surface area contributed by atoms with Gasteiger partial charge in [-0.2, -0.15) is 0 Å². The number of unbranched alkanes of at least 4 members (excludes halogenated alkanes) is 2. The molecule has 176 valence electrons. The van der Waals surface area contributed by atoms with E-state index < -0.39 is 41.5 Å². The molecular weight excluding hydrogens is 422 g/mol. The van der Waals surface area contributed by atoms with E-state index in [0.717, 1.165) is 0 Å². The number of hydrogen-bond acceptors (Lipinski definition) is 8. The zero-order valence-corrected chi connectivity index (χ0v) is 17.7. The fraction of sp³-hybridized carbons (Fsp3) is 0.682. The molecule has 1 aromatic heterocycles. The Hall–Kier alpha value is -2.27. The molecule has 3 fully saturated rings. The topological polar surface area (TPSA) is 158 Å². The van der Waals surface area contributed by atoms with Crippen LogP contribution in [0.15, 0.2) is 16.5 Å². The SMILES string of the molecule is O=C(O)CCCCCN1C(=O)[C@H]2[C@H](C[C@H](CO)[C@@]3(O)O[C@H](c4ccc(CO)o4)C[C@@H]23)C1=O. The average molecular weight is 451 g/mol. The van der Waals surface area contributed by atoms with Crippen LogP contribution >= 0.6 is 0 Å². The summed E-state index contributed by atoms with van der Waals surface area (Å²) in [5.74, 6) is -5.31. The van der Waals surface area contributed by atoms with Crippen molar-refractivity contribution in [1.29, 1.82) is 0 Å². The number of ether oxygens (including phenoxy) is 1. The molecule has 3 aliphatic rings. The molecule has 1 aromatic rings. The lowest BCUT2D eigenvalue weighted by Gasteiger charge is -2.43. The number of rotatable bonds is 9. The molecule has 0 radical (unpaired) electrons. The van der Waals surface area contributed by atoms with E-state index in [4.69, 9.17) is 14.3 Å². The Morgan fingerprint density at radius 3 is 2.56 bits per heavy atom. The van der Waals surface area contributed by atoms with Crippen molar-refractivity contribution in [2.75, 3.05) is 13.2 Å². The minimum Gasteiger partial charge on any atom is -0.481 e. The number of carboxylic acids is 1. The monoisotopic (exact) mass is 451 g/mol. The number of imide groups is 1. The lowest BCUT2D eigenvalue weighted by atomic mass is 9.64. The number of fused-ring (bicyclic) bond motifs is 3. The molecule has 0 aromatic carbocycles. The maximum Gasteiger partial charge on any atom is 0.303 e. The Balaban J connectivity index is 1.51. The number of carbonyl (C=O) groups excluding carboxylic acids is 2. The second-order valence-electron chi connectivity index (χ2n) is 8.94. The van der Waals surface area contributed by atoms with Gasteiger partial charge in [-0.15, -0.1) is 0 Å². The lowest BCUT2D eigenvalue weighted by Crippen LogP contribution is -2.54. The molecule has 1 aliphatic carbocycles. The van der Waals surface area contributed by atoms with Crippen LogP contribution in [0.1, 0.15) is 56.1 Å². The third kappa shape index (κ3) is 3.85. The molecule has 4 rings (SSSR count). The van der Waals surface area contributed by atoms with Crippen molar-refractivity contribution >= 4 is 17.8 Å². The first-order valence-corrected chi connectivity index (χ1v) is 11.1. The van der Waals surface area contributed by atoms with Crippen molar-refractivity contribution in [1.82, 2.24) is 4.90 Å². The highest BCUT2D eigenvalue weighted by atomic mass is 16.6. The highest BCUT2D eigenvalue weighted by Crippen LogP contribution is 2.58. The zero-order chi connectivity index (χ0) is 23.0. The summed E-state index contributed by atoms with van der Waals surface area (Å²) in [7, 11) is 0. The van der Waals surface area contributed by atoms with Gasteiger partial charge in [-0.05, 0) is 37.8 Å². The number of aliphatic hydroxyl groups is 3. The maximum atomic E-state index is 13.2. The van der Waals surface area contributed by atoms with E-state index in [1.807, 2.05) is 0 Å². The van der Waals surface area contributed by atoms with Crippen molar-refractivity contribution in [3.63, 3.8) is 0 Å². The maximum absolute atomic E-state index is 13.2. The molecule has 6 atom stereocenters. The molecule has 1 saturated carbocycles. The first-order chi connectivity index (χ1) is 15.3. The molecule has 4 N–H and O–H groups in total. The summed E-state index contributed by atoms with van der Waals surface area (Å²) in [4.78, 5) is 38.1. The minimum absolute atomic E-state index is 0.0456. The van der Waals surface area contributed by atoms with Crippen LogP contribution in [0.5, 0.6) is 0 Å². The van der Waals surface area contributed by atoms with E-state index in [1.54, 1.807) is 12.1 Å². The van der Waals surface area contributed by atoms with E-state index >= 15 is 0 Å². The third-order valence-electron chi connectivity index (χ3n) is 7.10. The second-order valence-corrected chi connectivity index (χ2v) is 8.94. The van der Waals surface area contributed by atoms with Crippen LogP contribution in [0.2, 0.25) is 0 Å². The fourth-order valence-electron chi connectivity index (χ4n) is 5.53. The summed E-state index contributed by atoms with van der Waals surface area (Å²) in [6.45, 7) is -0.458. The fourth-order valence-corrected chi connectivity index (χ4v) is 5.53. The van der Waals surface area contributed by atoms with Gasteiger partial charge in [0, 0.05) is 24.8 Å². The van der Waals surface area contributed by atoms with Gasteiger partial charge in [0.2, 0.25) is 11.8 Å². The summed E-state index contributed by atoms with van der Waals surface area (Å²) in [6, 6.07) is 3.25. The van der Waals surface area contributed by atoms with E-state index in [0.29, 0.717) is 30.8 Å². The summed E-state index contributed by atoms with van der Waals surface area (Å²) in [6.07, 6.45) is 1.34. The van der Waals surface area contributed by atoms with Crippen molar-refractivity contribution in [3.05, 3.63) is 23.7 Å². The van der Waals surface area contributed by atoms with Gasteiger partial charge < -0.3 is 29.6 Å². The van der Waals surface area contributed by atoms with Crippen LogP contribution in [0.4, 0.5) is 0 Å². The van der Waals surface area contributed by atoms with Crippen molar-refractivity contribution in [2.24, 2.45) is 23.7 Å². The molecule has 2 saturated heterocycles. The van der Waals surface area contributed by atoms with Crippen LogP contribution in [0, 0.1) is 23.7 Å². The number of carboxylic acid groups (broad SMARTS) is 1. The number of furan rings is 1. The van der Waals surface area contributed by atoms with E-state index in [9.17, 15) is 29.7 Å². The van der Waals surface area contributed by atoms with Gasteiger partial charge in [-0.1, -0.05) is 6.42 Å². The molecule has 10 heteroatoms. The number of hydrogen-bond donors (Lipinski definition) is 4. The predicted octanol–water partition coefficient (Wildman–Crippen LogP) is 0.797. The number of aliphatic carboxylic acids is 1. The van der Waals surface area contributed by atoms with E-state index in [-0.39, 0.29) is 50.8 Å². The number of nitrogens with zero attached hydrogens (tertiary/aromatic N) is 1. The summed E-state index contributed by atoms with van der Waals surface area (Å²) < 4.78 is 11.5. The Morgan fingerprint density at radius 1 is 1.12 bits per heavy atom. The summed E-state index contributed by atoms with van der Waals surface area (Å²) in [5.41, 5.74) is 0. The first kappa shape index (κ1) is 22.9. The number of aliphatic hydroxyl groups excluding tert-OH is 2. The summed E-state index contributed by atoms with van der Waals surface area (Å²) >= 11 is 0. The van der Waals surface area contributed by atoms with Crippen molar-refractivity contribution in [3.8, 4) is 0 Å². The number of likely N-dealkylation sites (tertiary alicyclic amines) is 1. The zero-order valence-electron chi connectivity index (χ0n) is 17.7. The molecule has 0 spiro atoms. The van der Waals surface area contributed by atoms with Crippen LogP contribution in [0.3, 0.4) is 0 Å². The van der Waals surface area contributed by atoms with Gasteiger partial charge in [0.25, 0.3) is 0 Å². The Labute approximate surface area is 184 Å². The highest BCUT2D eigenvalue weighted by molar-refractivity contribution is 6.05. The smallest absolute Gasteiger partial charge is 0.303 e. The highest BCUT2D eigenvalue weighted by Gasteiger charge is 2.66. The minimum atomic E-state index is -1.76. The number of carbonyl (C=O) groups is 3. The van der Waals surface area contributed by atoms with Crippen LogP contribution in [0.25, 0.3) is 0 Å². The molecule has 2 aliphatic heterocycles. The van der Waals surface area contributed by atoms with Crippen LogP contribution in [-0.2, 0) is 25.7 Å². The Bertz CT molecular complexity index is 883. The third-order valence-corrected chi connectivity index (χ3v) is 7.10. The molecule has 10 nitrogen and oxygen atoms in total. The molecule has 3 heterocycles. The lowest BCUT2D eigenvalue weighted by molar-refractivity contribution is -0.275. The van der Waals surface area contributed by atoms with Gasteiger partial charge in [0.1, 0.15) is 24.2 Å². The second kappa shape index (κ2) is 8.93. The number of amides is 2. The van der Waals surface area contributed by atoms with Gasteiger partial charge in [-0.25, -0.2) is 0 Å². The van der Waals surface area contributed by atoms with Gasteiger partial charge in [0.05, 0.1) is 18.4 Å². The molecule has 0 bridgehead atoms. The van der Waals surface area contributed by atoms with Gasteiger partial charge in [0.15, 0.2) is 5.79 Å². The Morgan fingerprint density at radius 2 is 1.91 bits per heavy atom. The van der Waals surface area contributed by atoms with Gasteiger partial charge in [-0.3, -0.25) is 19.3 Å². The first-order valence-electron chi connectivity index (χ1n) is 11.1. The average Bonchev–Trinajstić information content (AvgIpc) is 3.43. The van der Waals surface area contributed by atoms with Gasteiger partial charge >= 0.3 is 5.97 Å². The van der Waals surface area contributed by atoms with Crippen LogP contribution in [-0.4, -0.2) is 62.0 Å². The normalized spacial score (nSPS) is 34.1.